The molecule has 0 aliphatic rings. The number of likely N-dealkylation sites (N-methyl/N-ethyl adjacent to an activating group) is 1. The van der Waals surface area contributed by atoms with E-state index in [4.69, 9.17) is 9.47 Å². The van der Waals surface area contributed by atoms with E-state index in [0.717, 1.165) is 0 Å². The minimum atomic E-state index is -0.982. The molecule has 0 saturated heterocycles. The van der Waals surface area contributed by atoms with Gasteiger partial charge in [0, 0.05) is 12.1 Å². The van der Waals surface area contributed by atoms with Crippen molar-refractivity contribution in [3.8, 4) is 5.75 Å². The van der Waals surface area contributed by atoms with Gasteiger partial charge in [-0.3, -0.25) is 10.1 Å². The Balaban J connectivity index is 2.82. The van der Waals surface area contributed by atoms with Crippen molar-refractivity contribution in [2.24, 2.45) is 0 Å². The summed E-state index contributed by atoms with van der Waals surface area (Å²) in [5.74, 6) is 0.0819. The maximum absolute atomic E-state index is 11.9. The molecule has 0 radical (unpaired) electrons. The second-order valence-corrected chi connectivity index (χ2v) is 4.80. The van der Waals surface area contributed by atoms with E-state index in [0.29, 0.717) is 11.3 Å². The zero-order valence-electron chi connectivity index (χ0n) is 12.6. The zero-order chi connectivity index (χ0) is 16.0. The molecule has 0 aliphatic carbocycles. The van der Waals surface area contributed by atoms with Crippen LogP contribution in [0, 0.1) is 17.0 Å². The van der Waals surface area contributed by atoms with Crippen LogP contribution < -0.4 is 10.1 Å². The summed E-state index contributed by atoms with van der Waals surface area (Å²) >= 11 is 0. The third-order valence-corrected chi connectivity index (χ3v) is 3.16. The van der Waals surface area contributed by atoms with Crippen LogP contribution in [0.5, 0.6) is 5.75 Å². The van der Waals surface area contributed by atoms with Gasteiger partial charge < -0.3 is 14.8 Å². The summed E-state index contributed by atoms with van der Waals surface area (Å²) in [4.78, 5) is 22.1. The molecule has 0 aromatic heterocycles. The average molecular weight is 296 g/mol. The van der Waals surface area contributed by atoms with Crippen LogP contribution in [0.4, 0.5) is 5.69 Å². The second-order valence-electron chi connectivity index (χ2n) is 4.80. The summed E-state index contributed by atoms with van der Waals surface area (Å²) in [5, 5.41) is 13.6. The number of esters is 1. The van der Waals surface area contributed by atoms with Gasteiger partial charge in [-0.15, -0.1) is 0 Å². The van der Waals surface area contributed by atoms with Crippen LogP contribution in [0.3, 0.4) is 0 Å². The molecule has 1 aromatic rings. The Morgan fingerprint density at radius 1 is 1.48 bits per heavy atom. The molecule has 0 spiro atoms. The SMILES string of the molecule is CCOC(=O)C(C)(COc1ccc([N+](=O)[O-])cc1C)NC. The van der Waals surface area contributed by atoms with E-state index < -0.39 is 16.4 Å². The van der Waals surface area contributed by atoms with E-state index in [-0.39, 0.29) is 18.9 Å². The first-order valence-electron chi connectivity index (χ1n) is 6.58. The molecule has 21 heavy (non-hydrogen) atoms. The second kappa shape index (κ2) is 7.03. The number of carbonyl (C=O) groups excluding carboxylic acids is 1. The van der Waals surface area contributed by atoms with E-state index in [9.17, 15) is 14.9 Å². The van der Waals surface area contributed by atoms with Gasteiger partial charge in [-0.05, 0) is 39.4 Å². The van der Waals surface area contributed by atoms with E-state index in [1.807, 2.05) is 0 Å². The standard InChI is InChI=1S/C14H20N2O5/c1-5-20-13(17)14(3,15-4)9-21-12-7-6-11(16(18)19)8-10(12)2/h6-8,15H,5,9H2,1-4H3. The number of nitrogens with zero attached hydrogens (tertiary/aromatic N) is 1. The molecular formula is C14H20N2O5. The predicted octanol–water partition coefficient (Wildman–Crippen LogP) is 1.82. The predicted molar refractivity (Wildman–Crippen MR) is 77.4 cm³/mol. The van der Waals surface area contributed by atoms with Crippen LogP contribution in [0.15, 0.2) is 18.2 Å². The molecular weight excluding hydrogens is 276 g/mol. The molecule has 7 heteroatoms. The van der Waals surface area contributed by atoms with E-state index in [2.05, 4.69) is 5.32 Å². The quantitative estimate of drug-likeness (QED) is 0.469. The van der Waals surface area contributed by atoms with Crippen molar-refractivity contribution in [1.29, 1.82) is 0 Å². The third-order valence-electron chi connectivity index (χ3n) is 3.16. The van der Waals surface area contributed by atoms with E-state index in [1.165, 1.54) is 18.2 Å². The number of rotatable bonds is 7. The summed E-state index contributed by atoms with van der Waals surface area (Å²) in [6, 6.07) is 4.31. The number of nitro groups is 1. The molecule has 1 N–H and O–H groups in total. The van der Waals surface area contributed by atoms with E-state index >= 15 is 0 Å². The minimum absolute atomic E-state index is 0.00150. The van der Waals surface area contributed by atoms with Crippen molar-refractivity contribution in [1.82, 2.24) is 5.32 Å². The molecule has 1 unspecified atom stereocenters. The lowest BCUT2D eigenvalue weighted by atomic mass is 10.0. The summed E-state index contributed by atoms with van der Waals surface area (Å²) in [6.07, 6.45) is 0. The monoisotopic (exact) mass is 296 g/mol. The fourth-order valence-corrected chi connectivity index (χ4v) is 1.65. The molecule has 0 fully saturated rings. The normalized spacial score (nSPS) is 13.3. The van der Waals surface area contributed by atoms with Crippen LogP contribution in [0.2, 0.25) is 0 Å². The Kier molecular flexibility index (Phi) is 5.66. The topological polar surface area (TPSA) is 90.7 Å². The smallest absolute Gasteiger partial charge is 0.329 e. The highest BCUT2D eigenvalue weighted by Gasteiger charge is 2.34. The van der Waals surface area contributed by atoms with Gasteiger partial charge in [0.15, 0.2) is 0 Å². The van der Waals surface area contributed by atoms with Gasteiger partial charge in [0.25, 0.3) is 5.69 Å². The largest absolute Gasteiger partial charge is 0.491 e. The van der Waals surface area contributed by atoms with Gasteiger partial charge in [0.1, 0.15) is 17.9 Å². The van der Waals surface area contributed by atoms with Crippen molar-refractivity contribution in [3.63, 3.8) is 0 Å². The number of non-ortho nitro benzene ring substituents is 1. The first-order chi connectivity index (χ1) is 9.84. The zero-order valence-corrected chi connectivity index (χ0v) is 12.6. The molecule has 7 nitrogen and oxygen atoms in total. The van der Waals surface area contributed by atoms with Gasteiger partial charge in [-0.2, -0.15) is 0 Å². The lowest BCUT2D eigenvalue weighted by Gasteiger charge is -2.26. The fraction of sp³-hybridized carbons (Fsp3) is 0.500. The number of aryl methyl sites for hydroxylation is 1. The molecule has 0 bridgehead atoms. The Labute approximate surface area is 123 Å². The highest BCUT2D eigenvalue weighted by molar-refractivity contribution is 5.80. The average Bonchev–Trinajstić information content (AvgIpc) is 2.45. The molecule has 0 aliphatic heterocycles. The first-order valence-corrected chi connectivity index (χ1v) is 6.58. The maximum atomic E-state index is 11.9. The Morgan fingerprint density at radius 3 is 2.62 bits per heavy atom. The van der Waals surface area contributed by atoms with E-state index in [1.54, 1.807) is 27.8 Å². The van der Waals surface area contributed by atoms with Crippen molar-refractivity contribution in [2.45, 2.75) is 26.3 Å². The number of ether oxygens (including phenoxy) is 2. The van der Waals surface area contributed by atoms with Gasteiger partial charge >= 0.3 is 5.97 Å². The molecule has 1 aromatic carbocycles. The van der Waals surface area contributed by atoms with Gasteiger partial charge in [0.2, 0.25) is 0 Å². The molecule has 0 heterocycles. The van der Waals surface area contributed by atoms with Gasteiger partial charge in [-0.1, -0.05) is 0 Å². The van der Waals surface area contributed by atoms with Crippen LogP contribution in [-0.4, -0.2) is 36.7 Å². The number of nitro benzene ring substituents is 1. The Hall–Kier alpha value is -2.15. The molecule has 1 rings (SSSR count). The molecule has 0 saturated carbocycles. The lowest BCUT2D eigenvalue weighted by Crippen LogP contribution is -2.53. The summed E-state index contributed by atoms with van der Waals surface area (Å²) < 4.78 is 10.6. The number of benzene rings is 1. The lowest BCUT2D eigenvalue weighted by molar-refractivity contribution is -0.384. The van der Waals surface area contributed by atoms with Crippen molar-refractivity contribution in [2.75, 3.05) is 20.3 Å². The highest BCUT2D eigenvalue weighted by atomic mass is 16.6. The highest BCUT2D eigenvalue weighted by Crippen LogP contribution is 2.24. The number of nitrogens with one attached hydrogen (secondary N) is 1. The summed E-state index contributed by atoms with van der Waals surface area (Å²) in [5.41, 5.74) is -0.349. The summed E-state index contributed by atoms with van der Waals surface area (Å²) in [7, 11) is 1.64. The van der Waals surface area contributed by atoms with Crippen molar-refractivity contribution < 1.29 is 19.2 Å². The number of hydrogen-bond donors (Lipinski definition) is 1. The molecule has 0 amide bonds. The van der Waals surface area contributed by atoms with Crippen LogP contribution in [0.25, 0.3) is 0 Å². The molecule has 1 atom stereocenters. The first kappa shape index (κ1) is 16.9. The Morgan fingerprint density at radius 2 is 2.14 bits per heavy atom. The minimum Gasteiger partial charge on any atom is -0.491 e. The van der Waals surface area contributed by atoms with Crippen LogP contribution in [-0.2, 0) is 9.53 Å². The van der Waals surface area contributed by atoms with Crippen molar-refractivity contribution >= 4 is 11.7 Å². The molecule has 116 valence electrons. The Bertz CT molecular complexity index is 532. The third kappa shape index (κ3) is 4.16. The maximum Gasteiger partial charge on any atom is 0.329 e. The number of carbonyl (C=O) groups is 1. The van der Waals surface area contributed by atoms with Crippen LogP contribution in [0.1, 0.15) is 19.4 Å². The number of hydrogen-bond acceptors (Lipinski definition) is 6. The summed E-state index contributed by atoms with van der Waals surface area (Å²) in [6.45, 7) is 5.46. The van der Waals surface area contributed by atoms with Gasteiger partial charge in [0.05, 0.1) is 11.5 Å². The fourth-order valence-electron chi connectivity index (χ4n) is 1.65. The van der Waals surface area contributed by atoms with Crippen LogP contribution >= 0.6 is 0 Å². The van der Waals surface area contributed by atoms with Gasteiger partial charge in [-0.25, -0.2) is 4.79 Å². The van der Waals surface area contributed by atoms with Crippen molar-refractivity contribution in [3.05, 3.63) is 33.9 Å².